The molecule has 0 saturated carbocycles. The van der Waals surface area contributed by atoms with Crippen LogP contribution >= 0.6 is 0 Å². The van der Waals surface area contributed by atoms with E-state index in [0.717, 1.165) is 22.9 Å². The molecule has 2 aromatic rings. The number of imidazole rings is 1. The number of carbonyl (C=O) groups excluding carboxylic acids is 1. The molecule has 0 bridgehead atoms. The minimum absolute atomic E-state index is 0.284. The smallest absolute Gasteiger partial charge is 0.139 e. The number of rotatable bonds is 3. The van der Waals surface area contributed by atoms with Crippen molar-refractivity contribution in [2.75, 3.05) is 0 Å². The van der Waals surface area contributed by atoms with E-state index in [1.54, 1.807) is 24.7 Å². The fourth-order valence-electron chi connectivity index (χ4n) is 1.66. The molecule has 0 amide bonds. The standard InChI is InChI=1S/C12H14N2O2/c1-12(2,16)9-3-4-10-11(7-9)14(5-6-15)8-13-10/h3-4,6-8,16H,5H2,1-2H3. The van der Waals surface area contributed by atoms with Crippen LogP contribution in [0.25, 0.3) is 11.0 Å². The van der Waals surface area contributed by atoms with E-state index in [2.05, 4.69) is 4.98 Å². The Bertz CT molecular complexity index is 523. The van der Waals surface area contributed by atoms with Gasteiger partial charge < -0.3 is 14.5 Å². The molecule has 2 rings (SSSR count). The first-order valence-electron chi connectivity index (χ1n) is 5.14. The summed E-state index contributed by atoms with van der Waals surface area (Å²) in [6, 6.07) is 5.57. The lowest BCUT2D eigenvalue weighted by Crippen LogP contribution is -2.15. The Labute approximate surface area is 93.5 Å². The second-order valence-corrected chi connectivity index (χ2v) is 4.33. The van der Waals surface area contributed by atoms with Crippen LogP contribution in [0.5, 0.6) is 0 Å². The first-order chi connectivity index (χ1) is 7.52. The van der Waals surface area contributed by atoms with E-state index in [0.29, 0.717) is 0 Å². The summed E-state index contributed by atoms with van der Waals surface area (Å²) in [6.45, 7) is 3.75. The van der Waals surface area contributed by atoms with Gasteiger partial charge in [0.25, 0.3) is 0 Å². The molecule has 0 saturated heterocycles. The Morgan fingerprint density at radius 1 is 1.50 bits per heavy atom. The van der Waals surface area contributed by atoms with Gasteiger partial charge in [0.1, 0.15) is 6.29 Å². The number of hydrogen-bond donors (Lipinski definition) is 1. The molecule has 1 aromatic heterocycles. The number of aldehydes is 1. The van der Waals surface area contributed by atoms with Crippen LogP contribution in [0.1, 0.15) is 19.4 Å². The highest BCUT2D eigenvalue weighted by Gasteiger charge is 2.17. The van der Waals surface area contributed by atoms with Crippen molar-refractivity contribution in [3.8, 4) is 0 Å². The number of hydrogen-bond acceptors (Lipinski definition) is 3. The van der Waals surface area contributed by atoms with Crippen LogP contribution in [0, 0.1) is 0 Å². The van der Waals surface area contributed by atoms with Crippen molar-refractivity contribution in [2.24, 2.45) is 0 Å². The van der Waals surface area contributed by atoms with E-state index in [1.807, 2.05) is 18.2 Å². The molecule has 4 nitrogen and oxygen atoms in total. The quantitative estimate of drug-likeness (QED) is 0.793. The van der Waals surface area contributed by atoms with E-state index in [4.69, 9.17) is 0 Å². The molecule has 0 radical (unpaired) electrons. The van der Waals surface area contributed by atoms with E-state index in [-0.39, 0.29) is 6.54 Å². The highest BCUT2D eigenvalue weighted by atomic mass is 16.3. The molecule has 84 valence electrons. The van der Waals surface area contributed by atoms with Gasteiger partial charge in [-0.15, -0.1) is 0 Å². The highest BCUT2D eigenvalue weighted by Crippen LogP contribution is 2.23. The molecule has 1 heterocycles. The van der Waals surface area contributed by atoms with Crippen molar-refractivity contribution in [3.05, 3.63) is 30.1 Å². The van der Waals surface area contributed by atoms with E-state index in [9.17, 15) is 9.90 Å². The molecule has 0 aliphatic rings. The zero-order chi connectivity index (χ0) is 11.8. The maximum Gasteiger partial charge on any atom is 0.139 e. The molecule has 1 N–H and O–H groups in total. The van der Waals surface area contributed by atoms with Crippen molar-refractivity contribution < 1.29 is 9.90 Å². The minimum atomic E-state index is -0.884. The van der Waals surface area contributed by atoms with E-state index < -0.39 is 5.60 Å². The largest absolute Gasteiger partial charge is 0.386 e. The van der Waals surface area contributed by atoms with Crippen molar-refractivity contribution in [1.82, 2.24) is 9.55 Å². The second-order valence-electron chi connectivity index (χ2n) is 4.33. The lowest BCUT2D eigenvalue weighted by Gasteiger charge is -2.17. The molecule has 0 aliphatic carbocycles. The topological polar surface area (TPSA) is 55.1 Å². The second kappa shape index (κ2) is 3.72. The fourth-order valence-corrected chi connectivity index (χ4v) is 1.66. The number of fused-ring (bicyclic) bond motifs is 1. The summed E-state index contributed by atoms with van der Waals surface area (Å²) in [6.07, 6.45) is 2.46. The van der Waals surface area contributed by atoms with Crippen molar-refractivity contribution >= 4 is 17.3 Å². The Morgan fingerprint density at radius 2 is 2.25 bits per heavy atom. The predicted octanol–water partition coefficient (Wildman–Crippen LogP) is 1.46. The van der Waals surface area contributed by atoms with Gasteiger partial charge in [-0.1, -0.05) is 6.07 Å². The Morgan fingerprint density at radius 3 is 2.88 bits per heavy atom. The average molecular weight is 218 g/mol. The van der Waals surface area contributed by atoms with Gasteiger partial charge in [-0.05, 0) is 31.5 Å². The molecule has 0 unspecified atom stereocenters. The summed E-state index contributed by atoms with van der Waals surface area (Å²) in [7, 11) is 0. The molecule has 16 heavy (non-hydrogen) atoms. The molecule has 4 heteroatoms. The maximum atomic E-state index is 10.5. The van der Waals surface area contributed by atoms with E-state index in [1.165, 1.54) is 0 Å². The van der Waals surface area contributed by atoms with Crippen LogP contribution in [0.15, 0.2) is 24.5 Å². The molecule has 0 spiro atoms. The number of aromatic nitrogens is 2. The molecule has 0 fully saturated rings. The van der Waals surface area contributed by atoms with Crippen molar-refractivity contribution in [2.45, 2.75) is 26.0 Å². The van der Waals surface area contributed by atoms with E-state index >= 15 is 0 Å². The normalized spacial score (nSPS) is 11.9. The van der Waals surface area contributed by atoms with Gasteiger partial charge in [0.05, 0.1) is 29.5 Å². The molecule has 0 atom stereocenters. The van der Waals surface area contributed by atoms with Crippen LogP contribution in [0.3, 0.4) is 0 Å². The lowest BCUT2D eigenvalue weighted by atomic mass is 9.98. The lowest BCUT2D eigenvalue weighted by molar-refractivity contribution is -0.108. The zero-order valence-electron chi connectivity index (χ0n) is 9.34. The van der Waals surface area contributed by atoms with Crippen LogP contribution in [-0.4, -0.2) is 20.9 Å². The third-order valence-electron chi connectivity index (χ3n) is 2.60. The van der Waals surface area contributed by atoms with Gasteiger partial charge in [0.2, 0.25) is 0 Å². The van der Waals surface area contributed by atoms with Crippen molar-refractivity contribution in [1.29, 1.82) is 0 Å². The average Bonchev–Trinajstić information content (AvgIpc) is 2.60. The Balaban J connectivity index is 2.58. The first kappa shape index (κ1) is 10.8. The summed E-state index contributed by atoms with van der Waals surface area (Å²) in [4.78, 5) is 14.7. The van der Waals surface area contributed by atoms with Gasteiger partial charge in [0.15, 0.2) is 0 Å². The SMILES string of the molecule is CC(C)(O)c1ccc2ncn(CC=O)c2c1. The molecule has 0 aliphatic heterocycles. The minimum Gasteiger partial charge on any atom is -0.386 e. The van der Waals surface area contributed by atoms with Gasteiger partial charge >= 0.3 is 0 Å². The molecular formula is C12H14N2O2. The molecule has 1 aromatic carbocycles. The number of nitrogens with zero attached hydrogens (tertiary/aromatic N) is 2. The summed E-state index contributed by atoms with van der Waals surface area (Å²) < 4.78 is 1.76. The van der Waals surface area contributed by atoms with Crippen LogP contribution in [0.2, 0.25) is 0 Å². The van der Waals surface area contributed by atoms with Gasteiger partial charge in [0, 0.05) is 0 Å². The third-order valence-corrected chi connectivity index (χ3v) is 2.60. The summed E-state index contributed by atoms with van der Waals surface area (Å²) in [5.41, 5.74) is 1.62. The number of carbonyl (C=O) groups is 1. The van der Waals surface area contributed by atoms with Crippen LogP contribution < -0.4 is 0 Å². The van der Waals surface area contributed by atoms with Gasteiger partial charge in [-0.25, -0.2) is 4.98 Å². The van der Waals surface area contributed by atoms with Crippen LogP contribution in [0.4, 0.5) is 0 Å². The molecular weight excluding hydrogens is 204 g/mol. The Kier molecular flexibility index (Phi) is 2.52. The zero-order valence-corrected chi connectivity index (χ0v) is 9.34. The van der Waals surface area contributed by atoms with Gasteiger partial charge in [-0.2, -0.15) is 0 Å². The summed E-state index contributed by atoms with van der Waals surface area (Å²) in [5, 5.41) is 9.91. The third kappa shape index (κ3) is 1.84. The van der Waals surface area contributed by atoms with Gasteiger partial charge in [-0.3, -0.25) is 0 Å². The maximum absolute atomic E-state index is 10.5. The predicted molar refractivity (Wildman–Crippen MR) is 61.0 cm³/mol. The highest BCUT2D eigenvalue weighted by molar-refractivity contribution is 5.77. The number of aliphatic hydroxyl groups is 1. The first-order valence-corrected chi connectivity index (χ1v) is 5.14. The monoisotopic (exact) mass is 218 g/mol. The van der Waals surface area contributed by atoms with Crippen molar-refractivity contribution in [3.63, 3.8) is 0 Å². The number of benzene rings is 1. The summed E-state index contributed by atoms with van der Waals surface area (Å²) >= 11 is 0. The summed E-state index contributed by atoms with van der Waals surface area (Å²) in [5.74, 6) is 0. The fraction of sp³-hybridized carbons (Fsp3) is 0.333. The Hall–Kier alpha value is -1.68. The van der Waals surface area contributed by atoms with Crippen LogP contribution in [-0.2, 0) is 16.9 Å².